The Morgan fingerprint density at radius 1 is 1.13 bits per heavy atom. The van der Waals surface area contributed by atoms with Crippen LogP contribution in [-0.4, -0.2) is 11.2 Å². The molecular weight excluding hydrogens is 376 g/mol. The molecule has 0 aromatic rings. The van der Waals surface area contributed by atoms with Gasteiger partial charge in [-0.05, 0) is 122 Å². The molecule has 10 atom stereocenters. The summed E-state index contributed by atoms with van der Waals surface area (Å²) in [6, 6.07) is 0. The molecule has 2 bridgehead atoms. The van der Waals surface area contributed by atoms with Crippen molar-refractivity contribution in [3.8, 4) is 0 Å². The van der Waals surface area contributed by atoms with Gasteiger partial charge < -0.3 is 5.11 Å². The Balaban J connectivity index is 1.51. The Hall–Kier alpha value is -0.560. The van der Waals surface area contributed by atoms with E-state index in [1.165, 1.54) is 62.5 Å². The lowest BCUT2D eigenvalue weighted by Gasteiger charge is -2.64. The summed E-state index contributed by atoms with van der Waals surface area (Å²) in [5.74, 6) is 5.86. The molecule has 1 N–H and O–H groups in total. The van der Waals surface area contributed by atoms with Crippen LogP contribution in [0.2, 0.25) is 0 Å². The predicted octanol–water partition coefficient (Wildman–Crippen LogP) is 7.80. The number of rotatable bonds is 2. The van der Waals surface area contributed by atoms with Gasteiger partial charge >= 0.3 is 0 Å². The molecule has 0 heterocycles. The number of hydrogen-bond acceptors (Lipinski definition) is 1. The van der Waals surface area contributed by atoms with Crippen LogP contribution in [0.25, 0.3) is 0 Å². The normalized spacial score (nSPS) is 54.0. The van der Waals surface area contributed by atoms with Crippen molar-refractivity contribution < 1.29 is 5.11 Å². The Labute approximate surface area is 192 Å². The summed E-state index contributed by atoms with van der Waals surface area (Å²) in [6.45, 7) is 17.5. The molecule has 6 aliphatic carbocycles. The maximum absolute atomic E-state index is 11.1. The van der Waals surface area contributed by atoms with Gasteiger partial charge in [-0.15, -0.1) is 0 Å². The van der Waals surface area contributed by atoms with Crippen molar-refractivity contribution in [3.05, 3.63) is 22.8 Å². The van der Waals surface area contributed by atoms with Crippen LogP contribution in [0.4, 0.5) is 0 Å². The summed E-state index contributed by atoms with van der Waals surface area (Å²) >= 11 is 0. The number of allylic oxidation sites excluding steroid dienone is 3. The van der Waals surface area contributed by atoms with Crippen molar-refractivity contribution in [3.63, 3.8) is 0 Å². The van der Waals surface area contributed by atoms with Crippen molar-refractivity contribution in [1.82, 2.24) is 0 Å². The van der Waals surface area contributed by atoms with Gasteiger partial charge in [-0.1, -0.05) is 58.8 Å². The highest BCUT2D eigenvalue weighted by molar-refractivity contribution is 5.37. The molecular formula is C30H48O. The fourth-order valence-electron chi connectivity index (χ4n) is 9.71. The highest BCUT2D eigenvalue weighted by Gasteiger charge is 2.61. The van der Waals surface area contributed by atoms with E-state index in [2.05, 4.69) is 54.5 Å². The van der Waals surface area contributed by atoms with Gasteiger partial charge in [-0.3, -0.25) is 0 Å². The molecule has 1 nitrogen and oxygen atoms in total. The van der Waals surface area contributed by atoms with Crippen LogP contribution < -0.4 is 0 Å². The maximum Gasteiger partial charge on any atom is 0.0787 e. The third-order valence-electron chi connectivity index (χ3n) is 12.0. The second-order valence-corrected chi connectivity index (χ2v) is 13.5. The van der Waals surface area contributed by atoms with Crippen LogP contribution in [0.3, 0.4) is 0 Å². The molecule has 6 rings (SSSR count). The first-order chi connectivity index (χ1) is 14.6. The molecule has 3 saturated carbocycles. The highest BCUT2D eigenvalue weighted by Crippen LogP contribution is 2.68. The Kier molecular flexibility index (Phi) is 5.36. The topological polar surface area (TPSA) is 20.2 Å². The van der Waals surface area contributed by atoms with Crippen LogP contribution in [0.5, 0.6) is 0 Å². The average molecular weight is 425 g/mol. The van der Waals surface area contributed by atoms with Gasteiger partial charge in [-0.25, -0.2) is 0 Å². The Morgan fingerprint density at radius 2 is 1.87 bits per heavy atom. The lowest BCUT2D eigenvalue weighted by atomic mass is 9.40. The minimum Gasteiger partial charge on any atom is -0.388 e. The quantitative estimate of drug-likeness (QED) is 0.448. The van der Waals surface area contributed by atoms with Gasteiger partial charge in [0.25, 0.3) is 0 Å². The monoisotopic (exact) mass is 424 g/mol. The molecule has 8 unspecified atom stereocenters. The molecule has 0 amide bonds. The highest BCUT2D eigenvalue weighted by atomic mass is 16.3. The molecule has 174 valence electrons. The first kappa shape index (κ1) is 22.2. The van der Waals surface area contributed by atoms with E-state index < -0.39 is 0 Å². The van der Waals surface area contributed by atoms with Gasteiger partial charge in [0, 0.05) is 0 Å². The van der Waals surface area contributed by atoms with E-state index in [-0.39, 0.29) is 11.5 Å². The zero-order chi connectivity index (χ0) is 22.3. The van der Waals surface area contributed by atoms with E-state index >= 15 is 0 Å². The van der Waals surface area contributed by atoms with Crippen LogP contribution in [-0.2, 0) is 0 Å². The largest absolute Gasteiger partial charge is 0.388 e. The fourth-order valence-corrected chi connectivity index (χ4v) is 9.71. The smallest absolute Gasteiger partial charge is 0.0787 e. The lowest BCUT2D eigenvalue weighted by molar-refractivity contribution is -0.0827. The van der Waals surface area contributed by atoms with E-state index in [0.717, 1.165) is 23.7 Å². The number of fused-ring (bicyclic) bond motifs is 5. The third-order valence-corrected chi connectivity index (χ3v) is 12.0. The summed E-state index contributed by atoms with van der Waals surface area (Å²) < 4.78 is 0. The second kappa shape index (κ2) is 7.48. The summed E-state index contributed by atoms with van der Waals surface area (Å²) in [5, 5.41) is 11.1. The van der Waals surface area contributed by atoms with E-state index in [1.807, 2.05) is 5.57 Å². The Bertz CT molecular complexity index is 788. The summed E-state index contributed by atoms with van der Waals surface area (Å²) in [4.78, 5) is 0. The fraction of sp³-hybridized carbons (Fsp3) is 0.867. The summed E-state index contributed by atoms with van der Waals surface area (Å²) in [7, 11) is 0. The van der Waals surface area contributed by atoms with Crippen LogP contribution in [0.1, 0.15) is 99.8 Å². The molecule has 0 aromatic carbocycles. The molecule has 0 spiro atoms. The van der Waals surface area contributed by atoms with E-state index in [9.17, 15) is 5.11 Å². The van der Waals surface area contributed by atoms with Gasteiger partial charge in [0.05, 0.1) is 6.10 Å². The van der Waals surface area contributed by atoms with Crippen molar-refractivity contribution in [2.24, 2.45) is 58.2 Å². The summed E-state index contributed by atoms with van der Waals surface area (Å²) in [5.41, 5.74) is 5.49. The second-order valence-electron chi connectivity index (χ2n) is 13.5. The molecule has 0 aliphatic heterocycles. The first-order valence-corrected chi connectivity index (χ1v) is 13.7. The minimum absolute atomic E-state index is 0.158. The van der Waals surface area contributed by atoms with Crippen LogP contribution in [0, 0.1) is 58.2 Å². The third kappa shape index (κ3) is 3.04. The van der Waals surface area contributed by atoms with Crippen molar-refractivity contribution in [2.75, 3.05) is 0 Å². The maximum atomic E-state index is 11.1. The molecule has 0 radical (unpaired) electrons. The predicted molar refractivity (Wildman–Crippen MR) is 131 cm³/mol. The van der Waals surface area contributed by atoms with Crippen LogP contribution >= 0.6 is 0 Å². The van der Waals surface area contributed by atoms with Gasteiger partial charge in [0.15, 0.2) is 0 Å². The van der Waals surface area contributed by atoms with E-state index in [0.29, 0.717) is 29.1 Å². The number of aliphatic hydroxyl groups is 1. The molecule has 3 fully saturated rings. The number of hydrogen-bond donors (Lipinski definition) is 1. The lowest BCUT2D eigenvalue weighted by Crippen LogP contribution is -2.58. The Morgan fingerprint density at radius 3 is 2.55 bits per heavy atom. The first-order valence-electron chi connectivity index (χ1n) is 13.7. The molecule has 31 heavy (non-hydrogen) atoms. The van der Waals surface area contributed by atoms with Gasteiger partial charge in [0.2, 0.25) is 0 Å². The zero-order valence-electron chi connectivity index (χ0n) is 21.4. The van der Waals surface area contributed by atoms with Crippen molar-refractivity contribution in [2.45, 2.75) is 106 Å². The van der Waals surface area contributed by atoms with E-state index in [1.54, 1.807) is 0 Å². The van der Waals surface area contributed by atoms with Gasteiger partial charge in [-0.2, -0.15) is 0 Å². The minimum atomic E-state index is -0.158. The molecule has 0 saturated heterocycles. The van der Waals surface area contributed by atoms with Crippen molar-refractivity contribution in [1.29, 1.82) is 0 Å². The summed E-state index contributed by atoms with van der Waals surface area (Å²) in [6.07, 6.45) is 13.6. The zero-order valence-corrected chi connectivity index (χ0v) is 21.4. The average Bonchev–Trinajstić information content (AvgIpc) is 2.72. The molecule has 1 heteroatoms. The van der Waals surface area contributed by atoms with Crippen LogP contribution in [0.15, 0.2) is 22.8 Å². The molecule has 0 aromatic heterocycles. The standard InChI is InChI=1S/C30H48O/c1-17(2)14-21-12-13-29(6)22(15-21)8-9-27-26(29)11-10-25-24-16-23(28(24)31)19(4)18(3)20(5)30(25,27)7/h9,17-18,20-22,24-26,28,31H,8,10-16H2,1-7H3/b23-19-/t18?,20?,21?,22?,24-,25?,26?,28?,29+,30?/m1/s1. The van der Waals surface area contributed by atoms with Gasteiger partial charge in [0.1, 0.15) is 0 Å². The SMILES string of the molecule is C/C1=C2\C[C@@H](C2O)C2CCC3C(=CCC4CC(CC(C)C)CC[C@@]43C)C2(C)C(C)C1C. The van der Waals surface area contributed by atoms with Crippen molar-refractivity contribution >= 4 is 0 Å². The molecule has 6 aliphatic rings. The number of aliphatic hydroxyl groups excluding tert-OH is 1. The van der Waals surface area contributed by atoms with E-state index in [4.69, 9.17) is 0 Å².